The summed E-state index contributed by atoms with van der Waals surface area (Å²) in [5, 5.41) is 0. The molecule has 2 saturated carbocycles. The molecule has 0 amide bonds. The van der Waals surface area contributed by atoms with Gasteiger partial charge in [-0.2, -0.15) is 0 Å². The molecule has 0 N–H and O–H groups in total. The van der Waals surface area contributed by atoms with Gasteiger partial charge in [0, 0.05) is 12.3 Å². The fourth-order valence-corrected chi connectivity index (χ4v) is 3.91. The molecular formula is C16H28F2. The highest BCUT2D eigenvalue weighted by Gasteiger charge is 2.44. The molecule has 2 aliphatic carbocycles. The van der Waals surface area contributed by atoms with Crippen molar-refractivity contribution < 1.29 is 8.78 Å². The largest absolute Gasteiger partial charge is 0.251 e. The minimum atomic E-state index is -2.40. The molecule has 3 unspecified atom stereocenters. The van der Waals surface area contributed by atoms with E-state index in [1.54, 1.807) is 0 Å². The SMILES string of the molecule is CC1CCC2CCCCCCCC2C(F)(F)CC1. The molecule has 3 atom stereocenters. The molecule has 0 radical (unpaired) electrons. The van der Waals surface area contributed by atoms with Crippen molar-refractivity contribution in [3.63, 3.8) is 0 Å². The molecule has 2 aliphatic rings. The summed E-state index contributed by atoms with van der Waals surface area (Å²) < 4.78 is 28.8. The van der Waals surface area contributed by atoms with Crippen molar-refractivity contribution >= 4 is 0 Å². The number of halogens is 2. The molecule has 0 heterocycles. The summed E-state index contributed by atoms with van der Waals surface area (Å²) in [6.45, 7) is 2.14. The van der Waals surface area contributed by atoms with Crippen molar-refractivity contribution in [1.29, 1.82) is 0 Å². The third-order valence-corrected chi connectivity index (χ3v) is 5.20. The molecule has 18 heavy (non-hydrogen) atoms. The summed E-state index contributed by atoms with van der Waals surface area (Å²) in [5.74, 6) is -1.93. The zero-order valence-electron chi connectivity index (χ0n) is 11.8. The van der Waals surface area contributed by atoms with Gasteiger partial charge in [0.25, 0.3) is 5.92 Å². The summed E-state index contributed by atoms with van der Waals surface area (Å²) in [7, 11) is 0. The highest BCUT2D eigenvalue weighted by molar-refractivity contribution is 4.86. The van der Waals surface area contributed by atoms with Crippen LogP contribution in [0, 0.1) is 17.8 Å². The van der Waals surface area contributed by atoms with Gasteiger partial charge in [-0.25, -0.2) is 8.78 Å². The Morgan fingerprint density at radius 2 is 1.44 bits per heavy atom. The molecule has 2 fully saturated rings. The zero-order chi connectivity index (χ0) is 13.0. The van der Waals surface area contributed by atoms with Crippen LogP contribution in [0.15, 0.2) is 0 Å². The maximum atomic E-state index is 14.4. The first-order chi connectivity index (χ1) is 8.59. The predicted molar refractivity (Wildman–Crippen MR) is 71.9 cm³/mol. The van der Waals surface area contributed by atoms with Crippen molar-refractivity contribution in [1.82, 2.24) is 0 Å². The second-order valence-electron chi connectivity index (χ2n) is 6.69. The predicted octanol–water partition coefficient (Wildman–Crippen LogP) is 5.81. The van der Waals surface area contributed by atoms with Crippen LogP contribution in [0.3, 0.4) is 0 Å². The molecule has 0 aromatic rings. The van der Waals surface area contributed by atoms with E-state index in [-0.39, 0.29) is 12.3 Å². The van der Waals surface area contributed by atoms with Gasteiger partial charge in [-0.05, 0) is 37.5 Å². The van der Waals surface area contributed by atoms with Gasteiger partial charge in [0.2, 0.25) is 0 Å². The van der Waals surface area contributed by atoms with E-state index < -0.39 is 5.92 Å². The van der Waals surface area contributed by atoms with Gasteiger partial charge in [0.05, 0.1) is 0 Å². The van der Waals surface area contributed by atoms with Crippen LogP contribution in [0.25, 0.3) is 0 Å². The zero-order valence-corrected chi connectivity index (χ0v) is 11.8. The second-order valence-corrected chi connectivity index (χ2v) is 6.69. The summed E-state index contributed by atoms with van der Waals surface area (Å²) >= 11 is 0. The van der Waals surface area contributed by atoms with Crippen LogP contribution >= 0.6 is 0 Å². The highest BCUT2D eigenvalue weighted by Crippen LogP contribution is 2.45. The van der Waals surface area contributed by atoms with E-state index in [0.29, 0.717) is 11.8 Å². The van der Waals surface area contributed by atoms with E-state index in [9.17, 15) is 8.78 Å². The quantitative estimate of drug-likeness (QED) is 0.514. The Morgan fingerprint density at radius 3 is 2.22 bits per heavy atom. The first kappa shape index (κ1) is 14.3. The topological polar surface area (TPSA) is 0 Å². The Labute approximate surface area is 111 Å². The minimum Gasteiger partial charge on any atom is -0.207 e. The molecule has 0 aromatic carbocycles. The van der Waals surface area contributed by atoms with Gasteiger partial charge in [0.15, 0.2) is 0 Å². The van der Waals surface area contributed by atoms with E-state index in [4.69, 9.17) is 0 Å². The minimum absolute atomic E-state index is 0.134. The Hall–Kier alpha value is -0.140. The smallest absolute Gasteiger partial charge is 0.207 e. The van der Waals surface area contributed by atoms with Crippen LogP contribution < -0.4 is 0 Å². The van der Waals surface area contributed by atoms with Crippen molar-refractivity contribution in [3.05, 3.63) is 0 Å². The van der Waals surface area contributed by atoms with Crippen LogP contribution in [0.1, 0.15) is 77.6 Å². The average Bonchev–Trinajstić information content (AvgIpc) is 2.44. The second kappa shape index (κ2) is 6.34. The number of alkyl halides is 2. The normalized spacial score (nSPS) is 38.5. The Bertz CT molecular complexity index is 249. The summed E-state index contributed by atoms with van der Waals surface area (Å²) in [6, 6.07) is 0. The van der Waals surface area contributed by atoms with Gasteiger partial charge >= 0.3 is 0 Å². The Balaban J connectivity index is 2.10. The van der Waals surface area contributed by atoms with Gasteiger partial charge in [-0.15, -0.1) is 0 Å². The number of fused-ring (bicyclic) bond motifs is 1. The van der Waals surface area contributed by atoms with Crippen LogP contribution in [0.2, 0.25) is 0 Å². The van der Waals surface area contributed by atoms with Gasteiger partial charge < -0.3 is 0 Å². The molecule has 2 rings (SSSR count). The average molecular weight is 258 g/mol. The maximum Gasteiger partial charge on any atom is 0.251 e. The van der Waals surface area contributed by atoms with Crippen molar-refractivity contribution in [2.75, 3.05) is 0 Å². The first-order valence-electron chi connectivity index (χ1n) is 7.97. The summed E-state index contributed by atoms with van der Waals surface area (Å²) in [6.07, 6.45) is 10.7. The lowest BCUT2D eigenvalue weighted by Crippen LogP contribution is -2.36. The van der Waals surface area contributed by atoms with Crippen LogP contribution in [-0.4, -0.2) is 5.92 Å². The van der Waals surface area contributed by atoms with Crippen molar-refractivity contribution in [3.8, 4) is 0 Å². The van der Waals surface area contributed by atoms with Crippen LogP contribution in [0.5, 0.6) is 0 Å². The molecule has 0 nitrogen and oxygen atoms in total. The molecule has 0 aromatic heterocycles. The molecular weight excluding hydrogens is 230 g/mol. The fraction of sp³-hybridized carbons (Fsp3) is 1.00. The first-order valence-corrected chi connectivity index (χ1v) is 7.97. The summed E-state index contributed by atoms with van der Waals surface area (Å²) in [5.41, 5.74) is 0. The van der Waals surface area contributed by atoms with Gasteiger partial charge in [-0.1, -0.05) is 45.4 Å². The van der Waals surface area contributed by atoms with Crippen LogP contribution in [-0.2, 0) is 0 Å². The fourth-order valence-electron chi connectivity index (χ4n) is 3.91. The van der Waals surface area contributed by atoms with Crippen LogP contribution in [0.4, 0.5) is 8.78 Å². The lowest BCUT2D eigenvalue weighted by molar-refractivity contribution is -0.103. The standard InChI is InChI=1S/C16H28F2/c1-13-9-10-14-7-5-3-2-4-6-8-15(14)16(17,18)12-11-13/h13-15H,2-12H2,1H3. The number of hydrogen-bond donors (Lipinski definition) is 0. The molecule has 0 spiro atoms. The van der Waals surface area contributed by atoms with E-state index in [0.717, 1.165) is 44.9 Å². The maximum absolute atomic E-state index is 14.4. The van der Waals surface area contributed by atoms with Crippen molar-refractivity contribution in [2.24, 2.45) is 17.8 Å². The molecule has 106 valence electrons. The van der Waals surface area contributed by atoms with E-state index in [1.165, 1.54) is 19.3 Å². The monoisotopic (exact) mass is 258 g/mol. The Kier molecular flexibility index (Phi) is 5.03. The van der Waals surface area contributed by atoms with E-state index >= 15 is 0 Å². The van der Waals surface area contributed by atoms with E-state index in [1.807, 2.05) is 0 Å². The van der Waals surface area contributed by atoms with Gasteiger partial charge in [-0.3, -0.25) is 0 Å². The summed E-state index contributed by atoms with van der Waals surface area (Å²) in [4.78, 5) is 0. The molecule has 0 saturated heterocycles. The number of hydrogen-bond acceptors (Lipinski definition) is 0. The van der Waals surface area contributed by atoms with Gasteiger partial charge in [0.1, 0.15) is 0 Å². The third kappa shape index (κ3) is 3.68. The van der Waals surface area contributed by atoms with E-state index in [2.05, 4.69) is 6.92 Å². The van der Waals surface area contributed by atoms with Crippen molar-refractivity contribution in [2.45, 2.75) is 83.5 Å². The molecule has 0 bridgehead atoms. The highest BCUT2D eigenvalue weighted by atomic mass is 19.3. The lowest BCUT2D eigenvalue weighted by atomic mass is 9.73. The lowest BCUT2D eigenvalue weighted by Gasteiger charge is -2.37. The number of rotatable bonds is 0. The molecule has 0 aliphatic heterocycles. The molecule has 2 heteroatoms. The Morgan fingerprint density at radius 1 is 0.778 bits per heavy atom. The third-order valence-electron chi connectivity index (χ3n) is 5.20.